The second kappa shape index (κ2) is 6.44. The van der Waals surface area contributed by atoms with E-state index in [4.69, 9.17) is 0 Å². The van der Waals surface area contributed by atoms with Crippen molar-refractivity contribution >= 4 is 17.2 Å². The van der Waals surface area contributed by atoms with E-state index in [1.54, 1.807) is 23.7 Å². The van der Waals surface area contributed by atoms with Crippen molar-refractivity contribution in [1.29, 1.82) is 0 Å². The Hall–Kier alpha value is -2.60. The molecule has 2 heterocycles. The topological polar surface area (TPSA) is 54.9 Å². The smallest absolute Gasteiger partial charge is 0.271 e. The number of benzene rings is 1. The molecule has 0 spiro atoms. The molecule has 0 radical (unpaired) electrons. The Morgan fingerprint density at radius 3 is 2.73 bits per heavy atom. The van der Waals surface area contributed by atoms with Crippen molar-refractivity contribution in [2.75, 3.05) is 0 Å². The lowest BCUT2D eigenvalue weighted by Crippen LogP contribution is -2.23. The Labute approximate surface area is 130 Å². The zero-order valence-corrected chi connectivity index (χ0v) is 12.3. The van der Waals surface area contributed by atoms with Crippen LogP contribution in [-0.2, 0) is 6.54 Å². The minimum atomic E-state index is -0.298. The maximum absolute atomic E-state index is 12.9. The highest BCUT2D eigenvalue weighted by atomic mass is 32.1. The summed E-state index contributed by atoms with van der Waals surface area (Å²) in [5, 5.41) is 5.14. The normalized spacial score (nSPS) is 10.4. The molecular formula is C16H12FN3OS. The molecule has 4 nitrogen and oxygen atoms in total. The molecule has 22 heavy (non-hydrogen) atoms. The number of halogens is 1. The number of hydrogen-bond acceptors (Lipinski definition) is 4. The first-order valence-corrected chi connectivity index (χ1v) is 7.50. The summed E-state index contributed by atoms with van der Waals surface area (Å²) >= 11 is 1.35. The molecule has 0 aliphatic carbocycles. The van der Waals surface area contributed by atoms with Crippen molar-refractivity contribution in [2.24, 2.45) is 0 Å². The second-order valence-electron chi connectivity index (χ2n) is 4.55. The van der Waals surface area contributed by atoms with E-state index in [0.29, 0.717) is 17.2 Å². The third-order valence-corrected chi connectivity index (χ3v) is 3.88. The SMILES string of the molecule is O=C(NCc1ccccn1)c1csc(-c2ccc(F)cc2)n1. The van der Waals surface area contributed by atoms with Gasteiger partial charge in [-0.1, -0.05) is 6.07 Å². The van der Waals surface area contributed by atoms with E-state index in [2.05, 4.69) is 15.3 Å². The van der Waals surface area contributed by atoms with Crippen LogP contribution in [0.15, 0.2) is 54.0 Å². The first-order valence-electron chi connectivity index (χ1n) is 6.62. The molecule has 1 aromatic carbocycles. The molecule has 0 atom stereocenters. The fraction of sp³-hybridized carbons (Fsp3) is 0.0625. The van der Waals surface area contributed by atoms with Crippen molar-refractivity contribution in [3.05, 3.63) is 71.2 Å². The predicted molar refractivity (Wildman–Crippen MR) is 82.9 cm³/mol. The van der Waals surface area contributed by atoms with Gasteiger partial charge in [-0.15, -0.1) is 11.3 Å². The van der Waals surface area contributed by atoms with Crippen LogP contribution in [0.5, 0.6) is 0 Å². The van der Waals surface area contributed by atoms with Crippen LogP contribution in [0.2, 0.25) is 0 Å². The van der Waals surface area contributed by atoms with Crippen LogP contribution in [0, 0.1) is 5.82 Å². The second-order valence-corrected chi connectivity index (χ2v) is 5.41. The average Bonchev–Trinajstić information content (AvgIpc) is 3.04. The van der Waals surface area contributed by atoms with Gasteiger partial charge in [0.05, 0.1) is 12.2 Å². The van der Waals surface area contributed by atoms with Gasteiger partial charge < -0.3 is 5.32 Å². The highest BCUT2D eigenvalue weighted by molar-refractivity contribution is 7.13. The molecule has 0 fully saturated rings. The van der Waals surface area contributed by atoms with Gasteiger partial charge in [-0.05, 0) is 36.4 Å². The summed E-state index contributed by atoms with van der Waals surface area (Å²) in [4.78, 5) is 20.5. The molecule has 2 aromatic heterocycles. The Morgan fingerprint density at radius 1 is 1.18 bits per heavy atom. The number of nitrogens with zero attached hydrogens (tertiary/aromatic N) is 2. The van der Waals surface area contributed by atoms with E-state index in [1.165, 1.54) is 23.5 Å². The summed E-state index contributed by atoms with van der Waals surface area (Å²) in [6.07, 6.45) is 1.68. The van der Waals surface area contributed by atoms with Crippen molar-refractivity contribution in [3.8, 4) is 10.6 Å². The number of carbonyl (C=O) groups excluding carboxylic acids is 1. The third kappa shape index (κ3) is 3.35. The van der Waals surface area contributed by atoms with Crippen molar-refractivity contribution in [2.45, 2.75) is 6.54 Å². The highest BCUT2D eigenvalue weighted by Crippen LogP contribution is 2.23. The van der Waals surface area contributed by atoms with Gasteiger partial charge in [0.2, 0.25) is 0 Å². The first-order chi connectivity index (χ1) is 10.7. The number of carbonyl (C=O) groups is 1. The summed E-state index contributed by atoms with van der Waals surface area (Å²) in [5.74, 6) is -0.552. The highest BCUT2D eigenvalue weighted by Gasteiger charge is 2.11. The van der Waals surface area contributed by atoms with Crippen molar-refractivity contribution in [3.63, 3.8) is 0 Å². The van der Waals surface area contributed by atoms with Gasteiger partial charge in [0.1, 0.15) is 16.5 Å². The van der Waals surface area contributed by atoms with Crippen LogP contribution in [-0.4, -0.2) is 15.9 Å². The lowest BCUT2D eigenvalue weighted by molar-refractivity contribution is 0.0946. The molecule has 0 saturated heterocycles. The minimum Gasteiger partial charge on any atom is -0.345 e. The monoisotopic (exact) mass is 313 g/mol. The lowest BCUT2D eigenvalue weighted by Gasteiger charge is -2.02. The van der Waals surface area contributed by atoms with Gasteiger partial charge in [0.15, 0.2) is 0 Å². The Balaban J connectivity index is 1.68. The summed E-state index contributed by atoms with van der Waals surface area (Å²) in [6.45, 7) is 0.350. The van der Waals surface area contributed by atoms with Gasteiger partial charge in [0.25, 0.3) is 5.91 Å². The molecule has 1 N–H and O–H groups in total. The molecule has 6 heteroatoms. The van der Waals surface area contributed by atoms with E-state index in [1.807, 2.05) is 18.2 Å². The Morgan fingerprint density at radius 2 is 2.00 bits per heavy atom. The molecular weight excluding hydrogens is 301 g/mol. The summed E-state index contributed by atoms with van der Waals surface area (Å²) in [6, 6.07) is 11.6. The number of hydrogen-bond donors (Lipinski definition) is 1. The van der Waals surface area contributed by atoms with Crippen molar-refractivity contribution in [1.82, 2.24) is 15.3 Å². The molecule has 3 rings (SSSR count). The maximum Gasteiger partial charge on any atom is 0.271 e. The van der Waals surface area contributed by atoms with Crippen LogP contribution >= 0.6 is 11.3 Å². The van der Waals surface area contributed by atoms with Crippen LogP contribution in [0.3, 0.4) is 0 Å². The fourth-order valence-electron chi connectivity index (χ4n) is 1.87. The van der Waals surface area contributed by atoms with Gasteiger partial charge in [-0.25, -0.2) is 9.37 Å². The molecule has 0 aliphatic rings. The predicted octanol–water partition coefficient (Wildman–Crippen LogP) is 3.27. The van der Waals surface area contributed by atoms with E-state index >= 15 is 0 Å². The molecule has 0 aliphatic heterocycles. The number of amides is 1. The van der Waals surface area contributed by atoms with Gasteiger partial charge in [0, 0.05) is 17.1 Å². The summed E-state index contributed by atoms with van der Waals surface area (Å²) < 4.78 is 12.9. The molecule has 0 bridgehead atoms. The van der Waals surface area contributed by atoms with E-state index in [-0.39, 0.29) is 11.7 Å². The Kier molecular flexibility index (Phi) is 4.20. The molecule has 1 amide bonds. The van der Waals surface area contributed by atoms with Crippen LogP contribution in [0.25, 0.3) is 10.6 Å². The standard InChI is InChI=1S/C16H12FN3OS/c17-12-6-4-11(5-7-12)16-20-14(10-22-16)15(21)19-9-13-3-1-2-8-18-13/h1-8,10H,9H2,(H,19,21). The Bertz CT molecular complexity index is 772. The van der Waals surface area contributed by atoms with Crippen LogP contribution in [0.1, 0.15) is 16.2 Å². The molecule has 0 unspecified atom stereocenters. The number of pyridine rings is 1. The zero-order valence-electron chi connectivity index (χ0n) is 11.5. The molecule has 110 valence electrons. The van der Waals surface area contributed by atoms with Gasteiger partial charge in [-0.2, -0.15) is 0 Å². The largest absolute Gasteiger partial charge is 0.345 e. The fourth-order valence-corrected chi connectivity index (χ4v) is 2.67. The number of thiazole rings is 1. The number of nitrogens with one attached hydrogen (secondary N) is 1. The quantitative estimate of drug-likeness (QED) is 0.804. The molecule has 3 aromatic rings. The van der Waals surface area contributed by atoms with E-state index in [0.717, 1.165) is 11.3 Å². The number of rotatable bonds is 4. The average molecular weight is 313 g/mol. The zero-order chi connectivity index (χ0) is 15.4. The van der Waals surface area contributed by atoms with Crippen molar-refractivity contribution < 1.29 is 9.18 Å². The summed E-state index contributed by atoms with van der Waals surface area (Å²) in [7, 11) is 0. The maximum atomic E-state index is 12.9. The third-order valence-electron chi connectivity index (χ3n) is 2.98. The lowest BCUT2D eigenvalue weighted by atomic mass is 10.2. The van der Waals surface area contributed by atoms with Crippen LogP contribution < -0.4 is 5.32 Å². The van der Waals surface area contributed by atoms with E-state index in [9.17, 15) is 9.18 Å². The van der Waals surface area contributed by atoms with E-state index < -0.39 is 0 Å². The van der Waals surface area contributed by atoms with Gasteiger partial charge >= 0.3 is 0 Å². The summed E-state index contributed by atoms with van der Waals surface area (Å²) in [5.41, 5.74) is 1.92. The minimum absolute atomic E-state index is 0.254. The first kappa shape index (κ1) is 14.3. The molecule has 0 saturated carbocycles. The number of aromatic nitrogens is 2. The van der Waals surface area contributed by atoms with Crippen LogP contribution in [0.4, 0.5) is 4.39 Å². The van der Waals surface area contributed by atoms with Gasteiger partial charge in [-0.3, -0.25) is 9.78 Å².